The van der Waals surface area contributed by atoms with Crippen LogP contribution < -0.4 is 5.73 Å². The van der Waals surface area contributed by atoms with Gasteiger partial charge in [0.1, 0.15) is 5.82 Å². The molecule has 0 radical (unpaired) electrons. The molecule has 0 bridgehead atoms. The van der Waals surface area contributed by atoms with Crippen molar-refractivity contribution in [1.29, 1.82) is 0 Å². The first-order valence-corrected chi connectivity index (χ1v) is 7.88. The molecule has 1 nitrogen and oxygen atoms in total. The standard InChI is InChI=1S/C16H17ClFNS/c1-2-20-14-7-4-11(5-8-14)16(19)9-12-3-6-13(18)10-15(12)17/h3-8,10,16H,2,9,19H2,1H3. The zero-order chi connectivity index (χ0) is 14.5. The molecule has 2 rings (SSSR count). The van der Waals surface area contributed by atoms with Gasteiger partial charge >= 0.3 is 0 Å². The summed E-state index contributed by atoms with van der Waals surface area (Å²) in [6.45, 7) is 2.13. The highest BCUT2D eigenvalue weighted by Gasteiger charge is 2.10. The van der Waals surface area contributed by atoms with Gasteiger partial charge in [0, 0.05) is 16.0 Å². The molecule has 0 fully saturated rings. The van der Waals surface area contributed by atoms with Crippen molar-refractivity contribution in [2.45, 2.75) is 24.3 Å². The molecule has 4 heteroatoms. The second kappa shape index (κ2) is 7.11. The van der Waals surface area contributed by atoms with Crippen molar-refractivity contribution >= 4 is 23.4 Å². The Morgan fingerprint density at radius 2 is 1.90 bits per heavy atom. The van der Waals surface area contributed by atoms with E-state index in [9.17, 15) is 4.39 Å². The molecule has 1 atom stereocenters. The van der Waals surface area contributed by atoms with E-state index in [2.05, 4.69) is 19.1 Å². The summed E-state index contributed by atoms with van der Waals surface area (Å²) in [7, 11) is 0. The molecule has 0 aliphatic heterocycles. The zero-order valence-corrected chi connectivity index (χ0v) is 12.8. The van der Waals surface area contributed by atoms with Gasteiger partial charge in [0.15, 0.2) is 0 Å². The van der Waals surface area contributed by atoms with Gasteiger partial charge < -0.3 is 5.73 Å². The van der Waals surface area contributed by atoms with E-state index in [-0.39, 0.29) is 11.9 Å². The number of hydrogen-bond acceptors (Lipinski definition) is 2. The van der Waals surface area contributed by atoms with E-state index in [1.165, 1.54) is 17.0 Å². The Labute approximate surface area is 128 Å². The minimum atomic E-state index is -0.326. The maximum atomic E-state index is 13.0. The van der Waals surface area contributed by atoms with Crippen LogP contribution >= 0.6 is 23.4 Å². The Bertz CT molecular complexity index is 571. The summed E-state index contributed by atoms with van der Waals surface area (Å²) in [5.41, 5.74) is 8.13. The number of rotatable bonds is 5. The Balaban J connectivity index is 2.09. The molecule has 0 aromatic heterocycles. The monoisotopic (exact) mass is 309 g/mol. The molecule has 0 aliphatic rings. The average Bonchev–Trinajstić information content (AvgIpc) is 2.43. The van der Waals surface area contributed by atoms with Gasteiger partial charge in [-0.1, -0.05) is 36.7 Å². The Hall–Kier alpha value is -1.03. The van der Waals surface area contributed by atoms with Gasteiger partial charge in [-0.15, -0.1) is 11.8 Å². The number of nitrogens with two attached hydrogens (primary N) is 1. The van der Waals surface area contributed by atoms with Crippen LogP contribution in [0.2, 0.25) is 5.02 Å². The first-order chi connectivity index (χ1) is 9.60. The van der Waals surface area contributed by atoms with Crippen molar-refractivity contribution in [2.24, 2.45) is 5.73 Å². The highest BCUT2D eigenvalue weighted by atomic mass is 35.5. The molecule has 0 saturated carbocycles. The summed E-state index contributed by atoms with van der Waals surface area (Å²) >= 11 is 7.83. The Morgan fingerprint density at radius 1 is 1.20 bits per heavy atom. The summed E-state index contributed by atoms with van der Waals surface area (Å²) in [5.74, 6) is 0.726. The molecule has 106 valence electrons. The van der Waals surface area contributed by atoms with E-state index in [0.29, 0.717) is 11.4 Å². The van der Waals surface area contributed by atoms with Gasteiger partial charge in [0.2, 0.25) is 0 Å². The summed E-state index contributed by atoms with van der Waals surface area (Å²) < 4.78 is 13.0. The van der Waals surface area contributed by atoms with Crippen LogP contribution in [0.4, 0.5) is 4.39 Å². The van der Waals surface area contributed by atoms with Crippen LogP contribution in [-0.4, -0.2) is 5.75 Å². The van der Waals surface area contributed by atoms with Crippen molar-refractivity contribution < 1.29 is 4.39 Å². The van der Waals surface area contributed by atoms with E-state index in [0.717, 1.165) is 16.9 Å². The zero-order valence-electron chi connectivity index (χ0n) is 11.3. The fraction of sp³-hybridized carbons (Fsp3) is 0.250. The van der Waals surface area contributed by atoms with Gasteiger partial charge in [0.25, 0.3) is 0 Å². The normalized spacial score (nSPS) is 12.4. The molecular weight excluding hydrogens is 293 g/mol. The second-order valence-electron chi connectivity index (χ2n) is 4.55. The molecule has 0 amide bonds. The van der Waals surface area contributed by atoms with Crippen LogP contribution in [-0.2, 0) is 6.42 Å². The predicted molar refractivity (Wildman–Crippen MR) is 84.9 cm³/mol. The molecule has 0 aliphatic carbocycles. The van der Waals surface area contributed by atoms with Crippen LogP contribution in [0.25, 0.3) is 0 Å². The van der Waals surface area contributed by atoms with Crippen molar-refractivity contribution in [3.63, 3.8) is 0 Å². The summed E-state index contributed by atoms with van der Waals surface area (Å²) in [5, 5.41) is 0.429. The lowest BCUT2D eigenvalue weighted by molar-refractivity contribution is 0.625. The lowest BCUT2D eigenvalue weighted by Crippen LogP contribution is -2.13. The van der Waals surface area contributed by atoms with Crippen LogP contribution in [0, 0.1) is 5.82 Å². The molecular formula is C16H17ClFNS. The van der Waals surface area contributed by atoms with Crippen molar-refractivity contribution in [3.8, 4) is 0 Å². The van der Waals surface area contributed by atoms with Gasteiger partial charge in [0.05, 0.1) is 0 Å². The van der Waals surface area contributed by atoms with E-state index >= 15 is 0 Å². The molecule has 2 aromatic carbocycles. The Morgan fingerprint density at radius 3 is 2.50 bits per heavy atom. The van der Waals surface area contributed by atoms with Crippen molar-refractivity contribution in [2.75, 3.05) is 5.75 Å². The fourth-order valence-corrected chi connectivity index (χ4v) is 2.93. The van der Waals surface area contributed by atoms with Gasteiger partial charge in [-0.25, -0.2) is 4.39 Å². The van der Waals surface area contributed by atoms with Crippen LogP contribution in [0.1, 0.15) is 24.1 Å². The van der Waals surface area contributed by atoms with Crippen molar-refractivity contribution in [3.05, 3.63) is 64.4 Å². The largest absolute Gasteiger partial charge is 0.324 e. The minimum Gasteiger partial charge on any atom is -0.324 e. The quantitative estimate of drug-likeness (QED) is 0.800. The summed E-state index contributed by atoms with van der Waals surface area (Å²) in [6, 6.07) is 12.5. The molecule has 1 unspecified atom stereocenters. The SMILES string of the molecule is CCSc1ccc(C(N)Cc2ccc(F)cc2Cl)cc1. The van der Waals surface area contributed by atoms with E-state index in [1.807, 2.05) is 12.1 Å². The third-order valence-electron chi connectivity index (χ3n) is 3.07. The van der Waals surface area contributed by atoms with E-state index in [1.54, 1.807) is 17.8 Å². The number of hydrogen-bond donors (Lipinski definition) is 1. The van der Waals surface area contributed by atoms with E-state index in [4.69, 9.17) is 17.3 Å². The molecule has 0 saturated heterocycles. The van der Waals surface area contributed by atoms with E-state index < -0.39 is 0 Å². The lowest BCUT2D eigenvalue weighted by atomic mass is 10.00. The van der Waals surface area contributed by atoms with Crippen LogP contribution in [0.5, 0.6) is 0 Å². The smallest absolute Gasteiger partial charge is 0.124 e. The molecule has 20 heavy (non-hydrogen) atoms. The second-order valence-corrected chi connectivity index (χ2v) is 6.29. The molecule has 2 aromatic rings. The van der Waals surface area contributed by atoms with Crippen molar-refractivity contribution in [1.82, 2.24) is 0 Å². The van der Waals surface area contributed by atoms with Crippen LogP contribution in [0.15, 0.2) is 47.4 Å². The number of halogens is 2. The number of thioether (sulfide) groups is 1. The minimum absolute atomic E-state index is 0.140. The third kappa shape index (κ3) is 3.98. The molecule has 0 heterocycles. The van der Waals surface area contributed by atoms with Crippen LogP contribution in [0.3, 0.4) is 0 Å². The maximum absolute atomic E-state index is 13.0. The maximum Gasteiger partial charge on any atom is 0.124 e. The third-order valence-corrected chi connectivity index (χ3v) is 4.32. The highest BCUT2D eigenvalue weighted by molar-refractivity contribution is 7.99. The molecule has 2 N–H and O–H groups in total. The average molecular weight is 310 g/mol. The summed E-state index contributed by atoms with van der Waals surface area (Å²) in [4.78, 5) is 1.24. The first kappa shape index (κ1) is 15.4. The lowest BCUT2D eigenvalue weighted by Gasteiger charge is -2.14. The van der Waals surface area contributed by atoms with Gasteiger partial charge in [-0.2, -0.15) is 0 Å². The summed E-state index contributed by atoms with van der Waals surface area (Å²) in [6.07, 6.45) is 0.597. The van der Waals surface area contributed by atoms with Gasteiger partial charge in [-0.3, -0.25) is 0 Å². The molecule has 0 spiro atoms. The topological polar surface area (TPSA) is 26.0 Å². The first-order valence-electron chi connectivity index (χ1n) is 6.52. The number of benzene rings is 2. The highest BCUT2D eigenvalue weighted by Crippen LogP contribution is 2.25. The Kier molecular flexibility index (Phi) is 5.46. The fourth-order valence-electron chi connectivity index (χ4n) is 2.02. The predicted octanol–water partition coefficient (Wildman–Crippen LogP) is 4.83. The van der Waals surface area contributed by atoms with Gasteiger partial charge in [-0.05, 0) is 47.6 Å².